The van der Waals surface area contributed by atoms with Gasteiger partial charge in [0.2, 0.25) is 5.91 Å². The number of carbonyl (C=O) groups excluding carboxylic acids is 1. The molecule has 0 fully saturated rings. The molecule has 15 heavy (non-hydrogen) atoms. The number of likely N-dealkylation sites (N-methyl/N-ethyl adjacent to an activating group) is 1. The second-order valence-electron chi connectivity index (χ2n) is 5.50. The second-order valence-corrected chi connectivity index (χ2v) is 5.50. The molecule has 3 nitrogen and oxygen atoms in total. The van der Waals surface area contributed by atoms with Crippen molar-refractivity contribution in [2.24, 2.45) is 11.1 Å². The maximum Gasteiger partial charge on any atom is 0.222 e. The Kier molecular flexibility index (Phi) is 5.88. The summed E-state index contributed by atoms with van der Waals surface area (Å²) in [4.78, 5) is 13.5. The van der Waals surface area contributed by atoms with E-state index in [0.29, 0.717) is 18.4 Å². The van der Waals surface area contributed by atoms with Crippen molar-refractivity contribution in [1.29, 1.82) is 0 Å². The Balaban J connectivity index is 3.84. The summed E-state index contributed by atoms with van der Waals surface area (Å²) in [5.74, 6) is 0.206. The summed E-state index contributed by atoms with van der Waals surface area (Å²) in [5, 5.41) is 0. The highest BCUT2D eigenvalue weighted by Crippen LogP contribution is 2.21. The van der Waals surface area contributed by atoms with Crippen molar-refractivity contribution in [2.75, 3.05) is 13.6 Å². The van der Waals surface area contributed by atoms with E-state index in [0.717, 1.165) is 12.8 Å². The normalized spacial score (nSPS) is 13.7. The highest BCUT2D eigenvalue weighted by atomic mass is 16.2. The van der Waals surface area contributed by atoms with Gasteiger partial charge in [0.05, 0.1) is 0 Å². The fourth-order valence-electron chi connectivity index (χ4n) is 1.35. The van der Waals surface area contributed by atoms with Crippen LogP contribution in [0.4, 0.5) is 0 Å². The van der Waals surface area contributed by atoms with Crippen LogP contribution in [0.2, 0.25) is 0 Å². The summed E-state index contributed by atoms with van der Waals surface area (Å²) in [6.07, 6.45) is 2.69. The zero-order valence-electron chi connectivity index (χ0n) is 10.8. The van der Waals surface area contributed by atoms with Gasteiger partial charge in [0, 0.05) is 26.1 Å². The number of hydrogen-bond donors (Lipinski definition) is 1. The van der Waals surface area contributed by atoms with E-state index < -0.39 is 0 Å². The van der Waals surface area contributed by atoms with E-state index in [9.17, 15) is 4.79 Å². The average molecular weight is 214 g/mol. The minimum absolute atomic E-state index is 0.145. The van der Waals surface area contributed by atoms with Gasteiger partial charge in [-0.15, -0.1) is 0 Å². The molecule has 0 aromatic rings. The van der Waals surface area contributed by atoms with Crippen LogP contribution in [0.5, 0.6) is 0 Å². The fraction of sp³-hybridized carbons (Fsp3) is 0.917. The van der Waals surface area contributed by atoms with Crippen molar-refractivity contribution in [3.63, 3.8) is 0 Å². The highest BCUT2D eigenvalue weighted by Gasteiger charge is 2.15. The van der Waals surface area contributed by atoms with Crippen molar-refractivity contribution >= 4 is 5.91 Å². The maximum absolute atomic E-state index is 11.7. The lowest BCUT2D eigenvalue weighted by atomic mass is 9.90. The topological polar surface area (TPSA) is 46.3 Å². The lowest BCUT2D eigenvalue weighted by Crippen LogP contribution is -2.39. The molecule has 0 saturated carbocycles. The molecule has 1 amide bonds. The van der Waals surface area contributed by atoms with Crippen molar-refractivity contribution in [2.45, 2.75) is 53.0 Å². The molecule has 0 aliphatic carbocycles. The van der Waals surface area contributed by atoms with Crippen LogP contribution in [0.25, 0.3) is 0 Å². The summed E-state index contributed by atoms with van der Waals surface area (Å²) in [6.45, 7) is 9.10. The first kappa shape index (κ1) is 14.4. The number of carbonyl (C=O) groups is 1. The number of rotatable bonds is 5. The minimum Gasteiger partial charge on any atom is -0.342 e. The third-order valence-corrected chi connectivity index (χ3v) is 2.71. The Bertz CT molecular complexity index is 196. The van der Waals surface area contributed by atoms with Gasteiger partial charge in [-0.2, -0.15) is 0 Å². The van der Waals surface area contributed by atoms with Crippen molar-refractivity contribution in [3.8, 4) is 0 Å². The molecule has 0 bridgehead atoms. The average Bonchev–Trinajstić information content (AvgIpc) is 2.13. The molecule has 2 N–H and O–H groups in total. The molecule has 90 valence electrons. The number of nitrogens with two attached hydrogens (primary N) is 1. The first-order valence-electron chi connectivity index (χ1n) is 5.73. The van der Waals surface area contributed by atoms with Gasteiger partial charge in [0.1, 0.15) is 0 Å². The molecule has 1 atom stereocenters. The molecule has 0 aliphatic heterocycles. The van der Waals surface area contributed by atoms with Crippen molar-refractivity contribution in [1.82, 2.24) is 4.90 Å². The van der Waals surface area contributed by atoms with Crippen LogP contribution in [-0.2, 0) is 4.79 Å². The molecular weight excluding hydrogens is 188 g/mol. The third kappa shape index (κ3) is 6.50. The van der Waals surface area contributed by atoms with Gasteiger partial charge in [-0.1, -0.05) is 20.8 Å². The van der Waals surface area contributed by atoms with Crippen molar-refractivity contribution in [3.05, 3.63) is 0 Å². The van der Waals surface area contributed by atoms with Crippen molar-refractivity contribution < 1.29 is 4.79 Å². The van der Waals surface area contributed by atoms with Crippen LogP contribution < -0.4 is 5.73 Å². The summed E-state index contributed by atoms with van der Waals surface area (Å²) in [6, 6.07) is 0.145. The predicted molar refractivity (Wildman–Crippen MR) is 64.6 cm³/mol. The zero-order chi connectivity index (χ0) is 12.1. The van der Waals surface area contributed by atoms with E-state index >= 15 is 0 Å². The Morgan fingerprint density at radius 3 is 2.33 bits per heavy atom. The monoisotopic (exact) mass is 214 g/mol. The number of hydrogen-bond acceptors (Lipinski definition) is 2. The maximum atomic E-state index is 11.7. The SMILES string of the molecule is C[C@H](CN)N(C)C(=O)CCCC(C)(C)C. The van der Waals surface area contributed by atoms with Gasteiger partial charge in [0.15, 0.2) is 0 Å². The lowest BCUT2D eigenvalue weighted by molar-refractivity contribution is -0.131. The second kappa shape index (κ2) is 6.11. The molecule has 0 aliphatic rings. The van der Waals surface area contributed by atoms with E-state index in [2.05, 4.69) is 20.8 Å². The molecule has 0 spiro atoms. The summed E-state index contributed by atoms with van der Waals surface area (Å²) < 4.78 is 0. The number of nitrogens with zero attached hydrogens (tertiary/aromatic N) is 1. The van der Waals surface area contributed by atoms with Gasteiger partial charge in [-0.05, 0) is 25.2 Å². The molecule has 0 aromatic heterocycles. The summed E-state index contributed by atoms with van der Waals surface area (Å²) in [5.41, 5.74) is 5.83. The standard InChI is InChI=1S/C12H26N2O/c1-10(9-13)14(5)11(15)7-6-8-12(2,3)4/h10H,6-9,13H2,1-5H3/t10-/m1/s1. The Morgan fingerprint density at radius 1 is 1.40 bits per heavy atom. The van der Waals surface area contributed by atoms with Gasteiger partial charge in [0.25, 0.3) is 0 Å². The smallest absolute Gasteiger partial charge is 0.222 e. The van der Waals surface area contributed by atoms with Crippen LogP contribution in [0.3, 0.4) is 0 Å². The van der Waals surface area contributed by atoms with E-state index in [4.69, 9.17) is 5.73 Å². The van der Waals surface area contributed by atoms with E-state index in [-0.39, 0.29) is 11.9 Å². The predicted octanol–water partition coefficient (Wildman–Crippen LogP) is 2.01. The largest absolute Gasteiger partial charge is 0.342 e. The molecule has 0 aromatic carbocycles. The zero-order valence-corrected chi connectivity index (χ0v) is 10.8. The molecule has 3 heteroatoms. The molecule has 0 saturated heterocycles. The van der Waals surface area contributed by atoms with Crippen LogP contribution in [-0.4, -0.2) is 30.4 Å². The quantitative estimate of drug-likeness (QED) is 0.761. The van der Waals surface area contributed by atoms with E-state index in [1.54, 1.807) is 4.90 Å². The van der Waals surface area contributed by atoms with E-state index in [1.165, 1.54) is 0 Å². The van der Waals surface area contributed by atoms with E-state index in [1.807, 2.05) is 14.0 Å². The molecule has 0 unspecified atom stereocenters. The summed E-state index contributed by atoms with van der Waals surface area (Å²) >= 11 is 0. The minimum atomic E-state index is 0.145. The van der Waals surface area contributed by atoms with Gasteiger partial charge < -0.3 is 10.6 Å². The van der Waals surface area contributed by atoms with Crippen LogP contribution >= 0.6 is 0 Å². The molecule has 0 heterocycles. The highest BCUT2D eigenvalue weighted by molar-refractivity contribution is 5.76. The van der Waals surface area contributed by atoms with Gasteiger partial charge in [-0.3, -0.25) is 4.79 Å². The van der Waals surface area contributed by atoms with Gasteiger partial charge in [-0.25, -0.2) is 0 Å². The third-order valence-electron chi connectivity index (χ3n) is 2.71. The van der Waals surface area contributed by atoms with Gasteiger partial charge >= 0.3 is 0 Å². The lowest BCUT2D eigenvalue weighted by Gasteiger charge is -2.24. The molecular formula is C12H26N2O. The van der Waals surface area contributed by atoms with Crippen LogP contribution in [0.1, 0.15) is 47.0 Å². The van der Waals surface area contributed by atoms with Crippen LogP contribution in [0, 0.1) is 5.41 Å². The Morgan fingerprint density at radius 2 is 1.93 bits per heavy atom. The van der Waals surface area contributed by atoms with Crippen LogP contribution in [0.15, 0.2) is 0 Å². The first-order chi connectivity index (χ1) is 6.78. The summed E-state index contributed by atoms with van der Waals surface area (Å²) in [7, 11) is 1.83. The number of amides is 1. The molecule has 0 radical (unpaired) electrons. The Labute approximate surface area is 94.0 Å². The first-order valence-corrected chi connectivity index (χ1v) is 5.73. The molecule has 0 rings (SSSR count). The Hall–Kier alpha value is -0.570. The fourth-order valence-corrected chi connectivity index (χ4v) is 1.35.